The number of para-hydroxylation sites is 1. The molecule has 1 aliphatic heterocycles. The van der Waals surface area contributed by atoms with E-state index in [1.54, 1.807) is 0 Å². The summed E-state index contributed by atoms with van der Waals surface area (Å²) in [6.45, 7) is 2.35. The molecule has 8 aromatic carbocycles. The van der Waals surface area contributed by atoms with E-state index in [1.807, 2.05) is 0 Å². The number of hydrogen-bond acceptors (Lipinski definition) is 1. The lowest BCUT2D eigenvalue weighted by Crippen LogP contribution is -2.29. The second-order valence-electron chi connectivity index (χ2n) is 14.1. The third-order valence-electron chi connectivity index (χ3n) is 11.8. The van der Waals surface area contributed by atoms with Crippen LogP contribution in [0.2, 0.25) is 0 Å². The van der Waals surface area contributed by atoms with Crippen LogP contribution in [0.5, 0.6) is 11.5 Å². The van der Waals surface area contributed by atoms with Crippen LogP contribution in [0.15, 0.2) is 176 Å². The van der Waals surface area contributed by atoms with Crippen molar-refractivity contribution in [3.8, 4) is 44.9 Å². The Morgan fingerprint density at radius 3 is 1.82 bits per heavy atom. The van der Waals surface area contributed by atoms with Crippen molar-refractivity contribution in [2.75, 3.05) is 0 Å². The Kier molecular flexibility index (Phi) is 5.51. The molecule has 2 atom stereocenters. The van der Waals surface area contributed by atoms with Gasteiger partial charge in [-0.1, -0.05) is 158 Å². The van der Waals surface area contributed by atoms with E-state index in [-0.39, 0.29) is 5.41 Å². The smallest absolute Gasteiger partial charge is 0.131 e. The Morgan fingerprint density at radius 2 is 1.00 bits per heavy atom. The van der Waals surface area contributed by atoms with Gasteiger partial charge in [0.05, 0.1) is 5.41 Å². The van der Waals surface area contributed by atoms with E-state index in [9.17, 15) is 0 Å². The van der Waals surface area contributed by atoms with Crippen molar-refractivity contribution in [2.24, 2.45) is 0 Å². The Balaban J connectivity index is 1.20. The van der Waals surface area contributed by atoms with Crippen LogP contribution in [0.1, 0.15) is 45.9 Å². The first-order valence-corrected chi connectivity index (χ1v) is 17.5. The van der Waals surface area contributed by atoms with Gasteiger partial charge in [0.1, 0.15) is 11.5 Å². The average molecular weight is 637 g/mol. The van der Waals surface area contributed by atoms with Crippen molar-refractivity contribution < 1.29 is 4.74 Å². The van der Waals surface area contributed by atoms with Crippen molar-refractivity contribution >= 4 is 10.8 Å². The zero-order valence-corrected chi connectivity index (χ0v) is 27.7. The van der Waals surface area contributed by atoms with Crippen LogP contribution >= 0.6 is 0 Å². The summed E-state index contributed by atoms with van der Waals surface area (Å²) in [7, 11) is 0. The number of fused-ring (bicyclic) bond motifs is 14. The van der Waals surface area contributed by atoms with Gasteiger partial charge in [-0.15, -0.1) is 0 Å². The molecule has 11 rings (SSSR count). The van der Waals surface area contributed by atoms with E-state index in [1.165, 1.54) is 83.1 Å². The standard InChI is InChI=1S/C49H32O/c1-48(33-15-3-2-4-16-33)40-23-11-12-25-44(40)50-45-29-27-32(30-43(45)48)35-20-13-24-41-47(35)37-19-8-10-22-39(37)49(41)38-21-9-7-18-36(38)46-34-17-6-5-14-31(34)26-28-42(46)49/h2-30H,1H3. The van der Waals surface area contributed by atoms with Crippen molar-refractivity contribution in [3.63, 3.8) is 0 Å². The van der Waals surface area contributed by atoms with Crippen LogP contribution in [0, 0.1) is 0 Å². The average Bonchev–Trinajstić information content (AvgIpc) is 3.66. The van der Waals surface area contributed by atoms with E-state index >= 15 is 0 Å². The van der Waals surface area contributed by atoms with E-state index < -0.39 is 5.41 Å². The van der Waals surface area contributed by atoms with Crippen molar-refractivity contribution in [3.05, 3.63) is 215 Å². The molecule has 3 aliphatic rings. The molecular formula is C49H32O. The van der Waals surface area contributed by atoms with Gasteiger partial charge in [-0.3, -0.25) is 0 Å². The quantitative estimate of drug-likeness (QED) is 0.183. The fourth-order valence-electron chi connectivity index (χ4n) is 9.69. The van der Waals surface area contributed by atoms with E-state index in [0.29, 0.717) is 0 Å². The molecule has 0 radical (unpaired) electrons. The largest absolute Gasteiger partial charge is 0.457 e. The van der Waals surface area contributed by atoms with Gasteiger partial charge in [0.25, 0.3) is 0 Å². The monoisotopic (exact) mass is 636 g/mol. The highest BCUT2D eigenvalue weighted by Gasteiger charge is 2.52. The van der Waals surface area contributed by atoms with Crippen LogP contribution in [0.3, 0.4) is 0 Å². The summed E-state index contributed by atoms with van der Waals surface area (Å²) in [6.07, 6.45) is 0. The molecule has 0 bridgehead atoms. The van der Waals surface area contributed by atoms with Gasteiger partial charge in [0.15, 0.2) is 0 Å². The number of ether oxygens (including phenoxy) is 1. The van der Waals surface area contributed by atoms with Crippen LogP contribution in [0.4, 0.5) is 0 Å². The summed E-state index contributed by atoms with van der Waals surface area (Å²) in [5, 5.41) is 2.59. The predicted octanol–water partition coefficient (Wildman–Crippen LogP) is 12.3. The van der Waals surface area contributed by atoms with Crippen molar-refractivity contribution in [1.82, 2.24) is 0 Å². The van der Waals surface area contributed by atoms with Gasteiger partial charge in [0, 0.05) is 16.5 Å². The van der Waals surface area contributed by atoms with Gasteiger partial charge >= 0.3 is 0 Å². The Hall–Kier alpha value is -6.18. The molecule has 234 valence electrons. The molecule has 1 heteroatoms. The molecule has 0 aromatic heterocycles. The molecule has 0 saturated heterocycles. The Morgan fingerprint density at radius 1 is 0.400 bits per heavy atom. The van der Waals surface area contributed by atoms with Crippen LogP contribution in [-0.2, 0) is 10.8 Å². The molecule has 0 saturated carbocycles. The molecule has 0 fully saturated rings. The lowest BCUT2D eigenvalue weighted by Gasteiger charge is -2.38. The molecule has 1 spiro atoms. The molecule has 1 heterocycles. The molecule has 8 aromatic rings. The van der Waals surface area contributed by atoms with E-state index in [0.717, 1.165) is 11.5 Å². The van der Waals surface area contributed by atoms with Crippen LogP contribution in [-0.4, -0.2) is 0 Å². The van der Waals surface area contributed by atoms with Crippen molar-refractivity contribution in [1.29, 1.82) is 0 Å². The van der Waals surface area contributed by atoms with Crippen LogP contribution < -0.4 is 4.74 Å². The predicted molar refractivity (Wildman–Crippen MR) is 204 cm³/mol. The third kappa shape index (κ3) is 3.37. The second kappa shape index (κ2) is 9.94. The van der Waals surface area contributed by atoms with Gasteiger partial charge in [-0.25, -0.2) is 0 Å². The third-order valence-corrected chi connectivity index (χ3v) is 11.8. The molecular weight excluding hydrogens is 605 g/mol. The summed E-state index contributed by atoms with van der Waals surface area (Å²) in [6, 6.07) is 64.9. The first-order valence-electron chi connectivity index (χ1n) is 17.5. The maximum absolute atomic E-state index is 6.62. The zero-order valence-electron chi connectivity index (χ0n) is 27.7. The van der Waals surface area contributed by atoms with Crippen molar-refractivity contribution in [2.45, 2.75) is 17.8 Å². The molecule has 1 nitrogen and oxygen atoms in total. The van der Waals surface area contributed by atoms with Crippen LogP contribution in [0.25, 0.3) is 44.2 Å². The highest BCUT2D eigenvalue weighted by atomic mass is 16.5. The minimum atomic E-state index is -0.410. The molecule has 0 N–H and O–H groups in total. The Labute approximate surface area is 292 Å². The number of benzene rings is 8. The van der Waals surface area contributed by atoms with E-state index in [4.69, 9.17) is 4.74 Å². The minimum Gasteiger partial charge on any atom is -0.457 e. The maximum atomic E-state index is 6.62. The maximum Gasteiger partial charge on any atom is 0.131 e. The first kappa shape index (κ1) is 27.7. The topological polar surface area (TPSA) is 9.23 Å². The molecule has 50 heavy (non-hydrogen) atoms. The Bertz CT molecular complexity index is 2700. The minimum absolute atomic E-state index is 0.386. The summed E-state index contributed by atoms with van der Waals surface area (Å²) in [5.41, 5.74) is 16.0. The zero-order chi connectivity index (χ0) is 33.0. The normalized spacial score (nSPS) is 18.8. The fourth-order valence-corrected chi connectivity index (χ4v) is 9.69. The lowest BCUT2D eigenvalue weighted by molar-refractivity contribution is 0.427. The fraction of sp³-hybridized carbons (Fsp3) is 0.0612. The lowest BCUT2D eigenvalue weighted by atomic mass is 9.68. The highest BCUT2D eigenvalue weighted by molar-refractivity contribution is 6.07. The number of hydrogen-bond donors (Lipinski definition) is 0. The highest BCUT2D eigenvalue weighted by Crippen LogP contribution is 2.65. The molecule has 0 amide bonds. The van der Waals surface area contributed by atoms with Gasteiger partial charge < -0.3 is 4.74 Å². The van der Waals surface area contributed by atoms with E-state index in [2.05, 4.69) is 183 Å². The molecule has 2 aliphatic carbocycles. The SMILES string of the molecule is CC1(c2ccccc2)c2ccccc2Oc2ccc(-c3cccc4c3-c3ccccc3C43c4ccccc4-c4c3ccc3ccccc43)cc21. The summed E-state index contributed by atoms with van der Waals surface area (Å²) in [5.74, 6) is 1.83. The first-order chi connectivity index (χ1) is 24.7. The van der Waals surface area contributed by atoms with Gasteiger partial charge in [-0.2, -0.15) is 0 Å². The van der Waals surface area contributed by atoms with Gasteiger partial charge in [-0.05, 0) is 97.1 Å². The van der Waals surface area contributed by atoms with Gasteiger partial charge in [0.2, 0.25) is 0 Å². The summed E-state index contributed by atoms with van der Waals surface area (Å²) >= 11 is 0. The number of rotatable bonds is 2. The summed E-state index contributed by atoms with van der Waals surface area (Å²) < 4.78 is 6.62. The molecule has 2 unspecified atom stereocenters. The second-order valence-corrected chi connectivity index (χ2v) is 14.1. The summed E-state index contributed by atoms with van der Waals surface area (Å²) in [4.78, 5) is 0.